The zero-order valence-corrected chi connectivity index (χ0v) is 10.1. The van der Waals surface area contributed by atoms with Gasteiger partial charge in [0.05, 0.1) is 5.52 Å². The number of H-pyrrole nitrogens is 1. The largest absolute Gasteiger partial charge is 0.417 e. The standard InChI is InChI=1S/C14H15NO3/c16-11-4-1-9(2-5-11)7-10-3-6-12-13(8-10)18-14(17)15-12/h3,6,8-9H,1-2,4-5,7H2,(H,15,17). The van der Waals surface area contributed by atoms with Gasteiger partial charge in [0.1, 0.15) is 5.78 Å². The van der Waals surface area contributed by atoms with Crippen molar-refractivity contribution in [3.8, 4) is 0 Å². The first-order valence-electron chi connectivity index (χ1n) is 6.34. The van der Waals surface area contributed by atoms with Crippen LogP contribution in [0.15, 0.2) is 27.4 Å². The van der Waals surface area contributed by atoms with Crippen molar-refractivity contribution in [2.24, 2.45) is 5.92 Å². The van der Waals surface area contributed by atoms with Crippen LogP contribution in [0.1, 0.15) is 31.2 Å². The third-order valence-electron chi connectivity index (χ3n) is 3.67. The molecule has 1 aromatic carbocycles. The van der Waals surface area contributed by atoms with E-state index in [9.17, 15) is 9.59 Å². The molecule has 2 aromatic rings. The average molecular weight is 245 g/mol. The molecule has 0 bridgehead atoms. The van der Waals surface area contributed by atoms with Crippen molar-refractivity contribution in [2.75, 3.05) is 0 Å². The van der Waals surface area contributed by atoms with E-state index >= 15 is 0 Å². The van der Waals surface area contributed by atoms with E-state index in [4.69, 9.17) is 4.42 Å². The molecule has 18 heavy (non-hydrogen) atoms. The zero-order valence-electron chi connectivity index (χ0n) is 10.1. The fraction of sp³-hybridized carbons (Fsp3) is 0.429. The van der Waals surface area contributed by atoms with Gasteiger partial charge >= 0.3 is 5.76 Å². The minimum absolute atomic E-state index is 0.387. The summed E-state index contributed by atoms with van der Waals surface area (Å²) in [7, 11) is 0. The number of carbonyl (C=O) groups excluding carboxylic acids is 1. The van der Waals surface area contributed by atoms with Crippen molar-refractivity contribution in [1.29, 1.82) is 0 Å². The van der Waals surface area contributed by atoms with Crippen molar-refractivity contribution in [3.05, 3.63) is 34.3 Å². The number of ketones is 1. The van der Waals surface area contributed by atoms with Gasteiger partial charge in [-0.1, -0.05) is 6.07 Å². The summed E-state index contributed by atoms with van der Waals surface area (Å²) in [6.45, 7) is 0. The quantitative estimate of drug-likeness (QED) is 0.883. The number of oxazole rings is 1. The molecule has 1 aliphatic rings. The number of aromatic nitrogens is 1. The monoisotopic (exact) mass is 245 g/mol. The molecule has 94 valence electrons. The molecule has 4 nitrogen and oxygen atoms in total. The third kappa shape index (κ3) is 2.23. The molecule has 1 N–H and O–H groups in total. The van der Waals surface area contributed by atoms with Crippen LogP contribution in [0, 0.1) is 5.92 Å². The van der Waals surface area contributed by atoms with E-state index in [-0.39, 0.29) is 0 Å². The highest BCUT2D eigenvalue weighted by Crippen LogP contribution is 2.26. The van der Waals surface area contributed by atoms with Gasteiger partial charge in [0, 0.05) is 12.8 Å². The Morgan fingerprint density at radius 1 is 1.22 bits per heavy atom. The van der Waals surface area contributed by atoms with Crippen LogP contribution in [0.4, 0.5) is 0 Å². The summed E-state index contributed by atoms with van der Waals surface area (Å²) in [4.78, 5) is 24.9. The molecule has 1 aliphatic carbocycles. The molecule has 0 radical (unpaired) electrons. The molecule has 0 atom stereocenters. The summed E-state index contributed by atoms with van der Waals surface area (Å²) >= 11 is 0. The van der Waals surface area contributed by atoms with Gasteiger partial charge in [0.2, 0.25) is 0 Å². The molecule has 1 saturated carbocycles. The fourth-order valence-electron chi connectivity index (χ4n) is 2.65. The number of benzene rings is 1. The first-order valence-corrected chi connectivity index (χ1v) is 6.34. The first-order chi connectivity index (χ1) is 8.70. The smallest absolute Gasteiger partial charge is 0.408 e. The average Bonchev–Trinajstić information content (AvgIpc) is 2.71. The fourth-order valence-corrected chi connectivity index (χ4v) is 2.65. The second kappa shape index (κ2) is 4.44. The Morgan fingerprint density at radius 3 is 2.78 bits per heavy atom. The third-order valence-corrected chi connectivity index (χ3v) is 3.67. The summed E-state index contributed by atoms with van der Waals surface area (Å²) in [5.74, 6) is 0.551. The molecule has 0 saturated heterocycles. The van der Waals surface area contributed by atoms with Crippen LogP contribution in [0.5, 0.6) is 0 Å². The molecule has 4 heteroatoms. The van der Waals surface area contributed by atoms with E-state index in [2.05, 4.69) is 4.98 Å². The highest BCUT2D eigenvalue weighted by atomic mass is 16.4. The van der Waals surface area contributed by atoms with Gasteiger partial charge in [0.15, 0.2) is 5.58 Å². The maximum atomic E-state index is 11.2. The molecule has 0 amide bonds. The van der Waals surface area contributed by atoms with E-state index < -0.39 is 5.76 Å². The second-order valence-corrected chi connectivity index (χ2v) is 5.03. The number of hydrogen-bond donors (Lipinski definition) is 1. The first kappa shape index (κ1) is 11.3. The minimum Gasteiger partial charge on any atom is -0.408 e. The van der Waals surface area contributed by atoms with Crippen molar-refractivity contribution in [3.63, 3.8) is 0 Å². The molecule has 0 unspecified atom stereocenters. The summed E-state index contributed by atoms with van der Waals surface area (Å²) in [6.07, 6.45) is 4.35. The topological polar surface area (TPSA) is 63.1 Å². The predicted molar refractivity (Wildman–Crippen MR) is 67.5 cm³/mol. The zero-order chi connectivity index (χ0) is 12.5. The molecular weight excluding hydrogens is 230 g/mol. The van der Waals surface area contributed by atoms with Gasteiger partial charge in [-0.3, -0.25) is 9.78 Å². The minimum atomic E-state index is -0.412. The van der Waals surface area contributed by atoms with Gasteiger partial charge in [0.25, 0.3) is 0 Å². The summed E-state index contributed by atoms with van der Waals surface area (Å²) in [5, 5.41) is 0. The van der Waals surface area contributed by atoms with E-state index in [1.807, 2.05) is 18.2 Å². The number of hydrogen-bond acceptors (Lipinski definition) is 3. The lowest BCUT2D eigenvalue weighted by Crippen LogP contribution is -2.15. The molecule has 0 aliphatic heterocycles. The van der Waals surface area contributed by atoms with Crippen LogP contribution in [-0.4, -0.2) is 10.8 Å². The number of fused-ring (bicyclic) bond motifs is 1. The molecule has 1 aromatic heterocycles. The van der Waals surface area contributed by atoms with Crippen molar-refractivity contribution in [2.45, 2.75) is 32.1 Å². The maximum absolute atomic E-state index is 11.2. The van der Waals surface area contributed by atoms with Gasteiger partial charge in [-0.15, -0.1) is 0 Å². The summed E-state index contributed by atoms with van der Waals surface area (Å²) in [6, 6.07) is 5.82. The number of aromatic amines is 1. The van der Waals surface area contributed by atoms with Crippen molar-refractivity contribution < 1.29 is 9.21 Å². The Bertz CT molecular complexity index is 628. The summed E-state index contributed by atoms with van der Waals surface area (Å²) in [5.41, 5.74) is 2.52. The number of rotatable bonds is 2. The molecule has 1 heterocycles. The number of nitrogens with one attached hydrogen (secondary N) is 1. The maximum Gasteiger partial charge on any atom is 0.417 e. The normalized spacial score (nSPS) is 17.4. The Labute approximate surface area is 104 Å². The molecular formula is C14H15NO3. The van der Waals surface area contributed by atoms with Gasteiger partial charge < -0.3 is 4.42 Å². The SMILES string of the molecule is O=C1CCC(Cc2ccc3[nH]c(=O)oc3c2)CC1. The molecule has 0 spiro atoms. The van der Waals surface area contributed by atoms with Gasteiger partial charge in [-0.2, -0.15) is 0 Å². The van der Waals surface area contributed by atoms with Gasteiger partial charge in [-0.25, -0.2) is 4.79 Å². The van der Waals surface area contributed by atoms with Crippen LogP contribution in [-0.2, 0) is 11.2 Å². The molecule has 3 rings (SSSR count). The summed E-state index contributed by atoms with van der Waals surface area (Å²) < 4.78 is 5.05. The Morgan fingerprint density at radius 2 is 2.00 bits per heavy atom. The highest BCUT2D eigenvalue weighted by Gasteiger charge is 2.19. The lowest BCUT2D eigenvalue weighted by molar-refractivity contribution is -0.121. The highest BCUT2D eigenvalue weighted by molar-refractivity contribution is 5.79. The van der Waals surface area contributed by atoms with E-state index in [0.29, 0.717) is 30.1 Å². The lowest BCUT2D eigenvalue weighted by Gasteiger charge is -2.20. The Balaban J connectivity index is 1.78. The van der Waals surface area contributed by atoms with Gasteiger partial charge in [-0.05, 0) is 42.9 Å². The van der Waals surface area contributed by atoms with E-state index in [0.717, 1.165) is 24.8 Å². The molecule has 1 fully saturated rings. The Hall–Kier alpha value is -1.84. The number of Topliss-reactive ketones (excluding diaryl/α,β-unsaturated/α-hetero) is 1. The van der Waals surface area contributed by atoms with E-state index in [1.54, 1.807) is 0 Å². The van der Waals surface area contributed by atoms with Crippen molar-refractivity contribution >= 4 is 16.9 Å². The van der Waals surface area contributed by atoms with Crippen LogP contribution >= 0.6 is 0 Å². The van der Waals surface area contributed by atoms with E-state index in [1.165, 1.54) is 5.56 Å². The van der Waals surface area contributed by atoms with Crippen LogP contribution in [0.3, 0.4) is 0 Å². The van der Waals surface area contributed by atoms with Crippen LogP contribution in [0.25, 0.3) is 11.1 Å². The predicted octanol–water partition coefficient (Wildman–Crippen LogP) is 2.42. The lowest BCUT2D eigenvalue weighted by atomic mass is 9.84. The number of carbonyl (C=O) groups is 1. The second-order valence-electron chi connectivity index (χ2n) is 5.03. The van der Waals surface area contributed by atoms with Crippen LogP contribution in [0.2, 0.25) is 0 Å². The Kier molecular flexibility index (Phi) is 2.78. The van der Waals surface area contributed by atoms with Crippen LogP contribution < -0.4 is 5.76 Å². The van der Waals surface area contributed by atoms with Crippen molar-refractivity contribution in [1.82, 2.24) is 4.98 Å².